The molecule has 0 unspecified atom stereocenters. The van der Waals surface area contributed by atoms with Gasteiger partial charge in [0.05, 0.1) is 18.3 Å². The van der Waals surface area contributed by atoms with Crippen molar-refractivity contribution in [3.63, 3.8) is 0 Å². The molecule has 1 N–H and O–H groups in total. The van der Waals surface area contributed by atoms with Gasteiger partial charge < -0.3 is 9.30 Å². The maximum Gasteiger partial charge on any atom is 0.328 e. The Bertz CT molecular complexity index is 705. The summed E-state index contributed by atoms with van der Waals surface area (Å²) in [5.74, 6) is 0.442. The number of hydrogen-bond donors (Lipinski definition) is 1. The van der Waals surface area contributed by atoms with Crippen LogP contribution in [0.5, 0.6) is 5.75 Å². The fourth-order valence-corrected chi connectivity index (χ4v) is 2.46. The number of aryl methyl sites for hydroxylation is 1. The molecule has 1 aromatic carbocycles. The minimum atomic E-state index is -0.389. The fraction of sp³-hybridized carbons (Fsp3) is 0.286. The third-order valence-corrected chi connectivity index (χ3v) is 3.54. The average molecular weight is 273 g/mol. The lowest BCUT2D eigenvalue weighted by Gasteiger charge is -2.27. The Morgan fingerprint density at radius 1 is 1.30 bits per heavy atom. The van der Waals surface area contributed by atoms with Crippen LogP contribution in [0.3, 0.4) is 0 Å². The summed E-state index contributed by atoms with van der Waals surface area (Å²) in [5.41, 5.74) is 1.73. The number of methoxy groups -OCH3 is 1. The molecular formula is C14H15N3O3. The molecule has 0 radical (unpaired) electrons. The second kappa shape index (κ2) is 4.56. The molecule has 0 spiro atoms. The van der Waals surface area contributed by atoms with E-state index in [0.717, 1.165) is 16.6 Å². The second-order valence-corrected chi connectivity index (χ2v) is 4.76. The van der Waals surface area contributed by atoms with Gasteiger partial charge in [0.15, 0.2) is 0 Å². The smallest absolute Gasteiger partial charge is 0.328 e. The number of imide groups is 1. The van der Waals surface area contributed by atoms with Crippen LogP contribution in [0.15, 0.2) is 24.4 Å². The molecule has 1 aromatic heterocycles. The van der Waals surface area contributed by atoms with E-state index < -0.39 is 0 Å². The van der Waals surface area contributed by atoms with Crippen molar-refractivity contribution in [3.05, 3.63) is 24.4 Å². The minimum Gasteiger partial charge on any atom is -0.497 e. The zero-order valence-electron chi connectivity index (χ0n) is 11.3. The van der Waals surface area contributed by atoms with Gasteiger partial charge in [0.25, 0.3) is 0 Å². The first kappa shape index (κ1) is 12.5. The van der Waals surface area contributed by atoms with Gasteiger partial charge in [-0.2, -0.15) is 0 Å². The molecule has 0 atom stereocenters. The Morgan fingerprint density at radius 2 is 2.10 bits per heavy atom. The van der Waals surface area contributed by atoms with Crippen molar-refractivity contribution in [2.75, 3.05) is 18.6 Å². The topological polar surface area (TPSA) is 63.6 Å². The number of nitrogens with one attached hydrogen (secondary N) is 1. The van der Waals surface area contributed by atoms with Crippen LogP contribution >= 0.6 is 0 Å². The van der Waals surface area contributed by atoms with Gasteiger partial charge in [-0.05, 0) is 6.07 Å². The zero-order valence-corrected chi connectivity index (χ0v) is 11.3. The summed E-state index contributed by atoms with van der Waals surface area (Å²) in [6.45, 7) is 0.377. The van der Waals surface area contributed by atoms with Crippen molar-refractivity contribution < 1.29 is 14.3 Å². The lowest BCUT2D eigenvalue weighted by Crippen LogP contribution is -2.49. The van der Waals surface area contributed by atoms with E-state index >= 15 is 0 Å². The Balaban J connectivity index is 2.14. The predicted molar refractivity (Wildman–Crippen MR) is 75.0 cm³/mol. The molecule has 1 aliphatic heterocycles. The highest BCUT2D eigenvalue weighted by molar-refractivity contribution is 6.10. The minimum absolute atomic E-state index is 0.238. The fourth-order valence-electron chi connectivity index (χ4n) is 2.46. The molecule has 20 heavy (non-hydrogen) atoms. The number of fused-ring (bicyclic) bond motifs is 1. The van der Waals surface area contributed by atoms with Crippen LogP contribution in [0.1, 0.15) is 6.42 Å². The predicted octanol–water partition coefficient (Wildman–Crippen LogP) is 1.63. The third kappa shape index (κ3) is 1.89. The van der Waals surface area contributed by atoms with E-state index in [9.17, 15) is 9.59 Å². The first-order chi connectivity index (χ1) is 9.60. The van der Waals surface area contributed by atoms with Gasteiger partial charge in [-0.1, -0.05) is 0 Å². The van der Waals surface area contributed by atoms with Gasteiger partial charge in [-0.15, -0.1) is 0 Å². The number of nitrogens with zero attached hydrogens (tertiary/aromatic N) is 2. The van der Waals surface area contributed by atoms with Gasteiger partial charge in [0.1, 0.15) is 5.75 Å². The molecule has 0 saturated carbocycles. The molecule has 0 aliphatic carbocycles. The summed E-state index contributed by atoms with van der Waals surface area (Å²) in [4.78, 5) is 24.8. The SMILES string of the molecule is COc1cc(N2CCC(=O)NC2=O)c2ccn(C)c2c1. The molecule has 1 fully saturated rings. The van der Waals surface area contributed by atoms with Crippen LogP contribution in [-0.4, -0.2) is 30.2 Å². The number of hydrogen-bond acceptors (Lipinski definition) is 3. The van der Waals surface area contributed by atoms with E-state index in [4.69, 9.17) is 4.74 Å². The van der Waals surface area contributed by atoms with Crippen molar-refractivity contribution in [1.82, 2.24) is 9.88 Å². The van der Waals surface area contributed by atoms with E-state index in [1.807, 2.05) is 36.0 Å². The largest absolute Gasteiger partial charge is 0.497 e. The van der Waals surface area contributed by atoms with Gasteiger partial charge in [0, 0.05) is 43.7 Å². The van der Waals surface area contributed by atoms with Crippen molar-refractivity contribution >= 4 is 28.5 Å². The first-order valence-corrected chi connectivity index (χ1v) is 6.34. The summed E-state index contributed by atoms with van der Waals surface area (Å²) < 4.78 is 7.26. The number of benzene rings is 1. The molecular weight excluding hydrogens is 258 g/mol. The summed E-state index contributed by atoms with van der Waals surface area (Å²) in [5, 5.41) is 3.29. The quantitative estimate of drug-likeness (QED) is 0.904. The molecule has 104 valence electrons. The van der Waals surface area contributed by atoms with Crippen molar-refractivity contribution in [2.24, 2.45) is 7.05 Å². The number of ether oxygens (including phenoxy) is 1. The lowest BCUT2D eigenvalue weighted by molar-refractivity contribution is -0.120. The Labute approximate surface area is 115 Å². The maximum absolute atomic E-state index is 12.0. The van der Waals surface area contributed by atoms with Crippen LogP contribution in [-0.2, 0) is 11.8 Å². The highest BCUT2D eigenvalue weighted by atomic mass is 16.5. The van der Waals surface area contributed by atoms with Gasteiger partial charge >= 0.3 is 6.03 Å². The molecule has 1 saturated heterocycles. The highest BCUT2D eigenvalue weighted by Gasteiger charge is 2.26. The van der Waals surface area contributed by atoms with E-state index in [-0.39, 0.29) is 11.9 Å². The molecule has 6 nitrogen and oxygen atoms in total. The van der Waals surface area contributed by atoms with Crippen LogP contribution in [0.25, 0.3) is 10.9 Å². The summed E-state index contributed by atoms with van der Waals surface area (Å²) in [6.07, 6.45) is 2.23. The number of anilines is 1. The third-order valence-electron chi connectivity index (χ3n) is 3.54. The maximum atomic E-state index is 12.0. The number of rotatable bonds is 2. The van der Waals surface area contributed by atoms with E-state index in [1.54, 1.807) is 12.0 Å². The molecule has 3 rings (SSSR count). The second-order valence-electron chi connectivity index (χ2n) is 4.76. The van der Waals surface area contributed by atoms with Crippen LogP contribution in [0.4, 0.5) is 10.5 Å². The van der Waals surface area contributed by atoms with Gasteiger partial charge in [0.2, 0.25) is 5.91 Å². The first-order valence-electron chi connectivity index (χ1n) is 6.34. The standard InChI is InChI=1S/C14H15N3O3/c1-16-5-3-10-11(16)7-9(20-2)8-12(10)17-6-4-13(18)15-14(17)19/h3,5,7-8H,4,6H2,1-2H3,(H,15,18,19). The number of carbonyl (C=O) groups is 2. The monoisotopic (exact) mass is 273 g/mol. The number of urea groups is 1. The number of aromatic nitrogens is 1. The van der Waals surface area contributed by atoms with Crippen molar-refractivity contribution in [3.8, 4) is 5.75 Å². The average Bonchev–Trinajstić information content (AvgIpc) is 2.80. The van der Waals surface area contributed by atoms with Crippen LogP contribution in [0.2, 0.25) is 0 Å². The van der Waals surface area contributed by atoms with Crippen LogP contribution < -0.4 is 15.0 Å². The molecule has 2 aromatic rings. The molecule has 1 aliphatic rings. The van der Waals surface area contributed by atoms with Gasteiger partial charge in [-0.3, -0.25) is 15.0 Å². The number of carbonyl (C=O) groups excluding carboxylic acids is 2. The Hall–Kier alpha value is -2.50. The number of amides is 3. The molecule has 0 bridgehead atoms. The van der Waals surface area contributed by atoms with Crippen molar-refractivity contribution in [1.29, 1.82) is 0 Å². The Morgan fingerprint density at radius 3 is 2.80 bits per heavy atom. The van der Waals surface area contributed by atoms with E-state index in [2.05, 4.69) is 5.32 Å². The van der Waals surface area contributed by atoms with E-state index in [0.29, 0.717) is 18.7 Å². The Kier molecular flexibility index (Phi) is 2.85. The summed E-state index contributed by atoms with van der Waals surface area (Å²) >= 11 is 0. The zero-order chi connectivity index (χ0) is 14.3. The highest BCUT2D eigenvalue weighted by Crippen LogP contribution is 2.33. The van der Waals surface area contributed by atoms with Gasteiger partial charge in [-0.25, -0.2) is 4.79 Å². The molecule has 3 amide bonds. The van der Waals surface area contributed by atoms with Crippen LogP contribution in [0, 0.1) is 0 Å². The lowest BCUT2D eigenvalue weighted by atomic mass is 10.1. The summed E-state index contributed by atoms with van der Waals surface area (Å²) in [7, 11) is 3.53. The molecule has 2 heterocycles. The normalized spacial score (nSPS) is 15.6. The molecule has 6 heteroatoms. The summed E-state index contributed by atoms with van der Waals surface area (Å²) in [6, 6.07) is 5.30. The van der Waals surface area contributed by atoms with Crippen molar-refractivity contribution in [2.45, 2.75) is 6.42 Å². The van der Waals surface area contributed by atoms with E-state index in [1.165, 1.54) is 0 Å².